The molecule has 2 rings (SSSR count). The number of carbonyl (C=O) groups excluding carboxylic acids is 3. The second-order valence-electron chi connectivity index (χ2n) is 6.38. The Hall–Kier alpha value is -2.81. The molecule has 1 aliphatic carbocycles. The van der Waals surface area contributed by atoms with E-state index in [0.29, 0.717) is 5.56 Å². The van der Waals surface area contributed by atoms with Gasteiger partial charge in [-0.15, -0.1) is 0 Å². The third kappa shape index (κ3) is 3.43. The number of ether oxygens (including phenoxy) is 2. The number of nitro benzene ring substituents is 1. The number of aliphatic hydroxyl groups is 1. The van der Waals surface area contributed by atoms with Gasteiger partial charge in [0.2, 0.25) is 0 Å². The maximum absolute atomic E-state index is 12.5. The molecule has 26 heavy (non-hydrogen) atoms. The fraction of sp³-hybridized carbons (Fsp3) is 0.471. The van der Waals surface area contributed by atoms with Gasteiger partial charge in [-0.3, -0.25) is 24.5 Å². The van der Waals surface area contributed by atoms with Gasteiger partial charge in [-0.2, -0.15) is 0 Å². The van der Waals surface area contributed by atoms with Crippen LogP contribution in [0.15, 0.2) is 24.3 Å². The Morgan fingerprint density at radius 2 is 1.73 bits per heavy atom. The van der Waals surface area contributed by atoms with E-state index in [-0.39, 0.29) is 5.69 Å². The lowest BCUT2D eigenvalue weighted by Gasteiger charge is -2.43. The zero-order valence-electron chi connectivity index (χ0n) is 14.5. The molecular weight excluding hydrogens is 346 g/mol. The van der Waals surface area contributed by atoms with Crippen LogP contribution in [0.25, 0.3) is 0 Å². The van der Waals surface area contributed by atoms with Gasteiger partial charge in [-0.1, -0.05) is 12.1 Å². The predicted molar refractivity (Wildman–Crippen MR) is 87.1 cm³/mol. The number of nitrogens with zero attached hydrogens (tertiary/aromatic N) is 1. The number of non-ortho nitro benzene ring substituents is 1. The topological polar surface area (TPSA) is 133 Å². The summed E-state index contributed by atoms with van der Waals surface area (Å²) in [6.07, 6.45) is -0.421. The summed E-state index contributed by atoms with van der Waals surface area (Å²) in [6, 6.07) is 5.10. The number of hydrogen-bond donors (Lipinski definition) is 1. The lowest BCUT2D eigenvalue weighted by Crippen LogP contribution is -2.55. The molecule has 1 aromatic rings. The van der Waals surface area contributed by atoms with E-state index in [0.717, 1.165) is 14.2 Å². The van der Waals surface area contributed by atoms with E-state index in [4.69, 9.17) is 9.47 Å². The van der Waals surface area contributed by atoms with Crippen LogP contribution in [0.1, 0.15) is 24.8 Å². The molecule has 0 aliphatic heterocycles. The summed E-state index contributed by atoms with van der Waals surface area (Å²) in [7, 11) is 2.25. The number of benzene rings is 1. The third-order valence-corrected chi connectivity index (χ3v) is 4.67. The van der Waals surface area contributed by atoms with Crippen molar-refractivity contribution >= 4 is 23.4 Å². The summed E-state index contributed by atoms with van der Waals surface area (Å²) in [6.45, 7) is 1.32. The van der Waals surface area contributed by atoms with Crippen molar-refractivity contribution < 1.29 is 33.9 Å². The highest BCUT2D eigenvalue weighted by Crippen LogP contribution is 2.46. The van der Waals surface area contributed by atoms with Crippen molar-refractivity contribution in [3.63, 3.8) is 0 Å². The zero-order chi connectivity index (χ0) is 19.6. The second-order valence-corrected chi connectivity index (χ2v) is 6.38. The summed E-state index contributed by atoms with van der Waals surface area (Å²) in [4.78, 5) is 47.3. The fourth-order valence-corrected chi connectivity index (χ4v) is 3.49. The Bertz CT molecular complexity index is 740. The van der Waals surface area contributed by atoms with Gasteiger partial charge in [0.05, 0.1) is 30.7 Å². The molecule has 0 radical (unpaired) electrons. The SMILES string of the molecule is COC(=O)[C@@H]1C(=O)C[C@](C)(O)[C@H](C(=O)OC)[C@@H]1c1ccc([N+](=O)[O-])cc1. The molecule has 1 aromatic carbocycles. The van der Waals surface area contributed by atoms with Crippen LogP contribution in [-0.4, -0.2) is 47.6 Å². The minimum Gasteiger partial charge on any atom is -0.469 e. The lowest BCUT2D eigenvalue weighted by atomic mass is 9.62. The maximum atomic E-state index is 12.5. The van der Waals surface area contributed by atoms with E-state index in [1.54, 1.807) is 0 Å². The van der Waals surface area contributed by atoms with Crippen LogP contribution in [0.3, 0.4) is 0 Å². The highest BCUT2D eigenvalue weighted by Gasteiger charge is 2.56. The predicted octanol–water partition coefficient (Wildman–Crippen LogP) is 0.981. The molecular formula is C17H19NO8. The van der Waals surface area contributed by atoms with E-state index in [1.165, 1.54) is 31.2 Å². The van der Waals surface area contributed by atoms with Crippen molar-refractivity contribution in [3.05, 3.63) is 39.9 Å². The van der Waals surface area contributed by atoms with Crippen molar-refractivity contribution in [2.75, 3.05) is 14.2 Å². The standard InChI is InChI=1S/C17H19NO8/c1-17(22)8-11(19)13(15(20)25-2)12(14(17)16(21)26-3)9-4-6-10(7-5-9)18(23)24/h4-7,12-14,22H,8H2,1-3H3/t12-,13-,14+,17+/m1/s1. The van der Waals surface area contributed by atoms with Gasteiger partial charge in [-0.05, 0) is 12.5 Å². The number of methoxy groups -OCH3 is 2. The smallest absolute Gasteiger partial charge is 0.316 e. The van der Waals surface area contributed by atoms with Crippen LogP contribution in [0.5, 0.6) is 0 Å². The number of hydrogen-bond acceptors (Lipinski definition) is 8. The molecule has 1 N–H and O–H groups in total. The summed E-state index contributed by atoms with van der Waals surface area (Å²) in [5.74, 6) is -5.85. The first-order valence-electron chi connectivity index (χ1n) is 7.79. The average Bonchev–Trinajstić information content (AvgIpc) is 2.59. The van der Waals surface area contributed by atoms with Gasteiger partial charge in [0.1, 0.15) is 5.92 Å². The molecule has 1 fully saturated rings. The number of nitro groups is 1. The van der Waals surface area contributed by atoms with Crippen molar-refractivity contribution in [2.45, 2.75) is 24.9 Å². The van der Waals surface area contributed by atoms with Gasteiger partial charge >= 0.3 is 11.9 Å². The van der Waals surface area contributed by atoms with E-state index in [2.05, 4.69) is 0 Å². The van der Waals surface area contributed by atoms with Crippen molar-refractivity contribution in [1.82, 2.24) is 0 Å². The van der Waals surface area contributed by atoms with E-state index < -0.39 is 52.4 Å². The summed E-state index contributed by atoms with van der Waals surface area (Å²) >= 11 is 0. The summed E-state index contributed by atoms with van der Waals surface area (Å²) in [5, 5.41) is 21.5. The molecule has 0 saturated heterocycles. The number of rotatable bonds is 4. The Morgan fingerprint density at radius 1 is 1.19 bits per heavy atom. The van der Waals surface area contributed by atoms with Crippen LogP contribution < -0.4 is 0 Å². The van der Waals surface area contributed by atoms with Crippen LogP contribution >= 0.6 is 0 Å². The van der Waals surface area contributed by atoms with Crippen LogP contribution in [0.4, 0.5) is 5.69 Å². The Morgan fingerprint density at radius 3 is 2.19 bits per heavy atom. The maximum Gasteiger partial charge on any atom is 0.316 e. The van der Waals surface area contributed by atoms with Gasteiger partial charge < -0.3 is 14.6 Å². The van der Waals surface area contributed by atoms with Crippen molar-refractivity contribution in [3.8, 4) is 0 Å². The largest absolute Gasteiger partial charge is 0.469 e. The van der Waals surface area contributed by atoms with Gasteiger partial charge in [0.25, 0.3) is 5.69 Å². The van der Waals surface area contributed by atoms with E-state index in [9.17, 15) is 29.6 Å². The molecule has 0 bridgehead atoms. The first-order valence-corrected chi connectivity index (χ1v) is 7.79. The Balaban J connectivity index is 2.62. The minimum atomic E-state index is -1.75. The lowest BCUT2D eigenvalue weighted by molar-refractivity contribution is -0.384. The first-order chi connectivity index (χ1) is 12.1. The van der Waals surface area contributed by atoms with Crippen LogP contribution in [0, 0.1) is 22.0 Å². The number of Topliss-reactive ketones (excluding diaryl/α,β-unsaturated/α-hetero) is 1. The normalized spacial score (nSPS) is 28.3. The average molecular weight is 365 g/mol. The Kier molecular flexibility index (Phi) is 5.41. The fourth-order valence-electron chi connectivity index (χ4n) is 3.49. The third-order valence-electron chi connectivity index (χ3n) is 4.67. The van der Waals surface area contributed by atoms with Gasteiger partial charge in [0.15, 0.2) is 5.78 Å². The van der Waals surface area contributed by atoms with Crippen molar-refractivity contribution in [1.29, 1.82) is 0 Å². The van der Waals surface area contributed by atoms with E-state index in [1.807, 2.05) is 0 Å². The highest BCUT2D eigenvalue weighted by molar-refractivity contribution is 6.02. The molecule has 1 aliphatic rings. The highest BCUT2D eigenvalue weighted by atomic mass is 16.6. The quantitative estimate of drug-likeness (QED) is 0.361. The zero-order valence-corrected chi connectivity index (χ0v) is 14.5. The molecule has 0 aromatic heterocycles. The molecule has 0 amide bonds. The first kappa shape index (κ1) is 19.5. The van der Waals surface area contributed by atoms with Gasteiger partial charge in [0, 0.05) is 24.5 Å². The molecule has 4 atom stereocenters. The summed E-state index contributed by atoms with van der Waals surface area (Å²) in [5.41, 5.74) is -1.62. The molecule has 0 unspecified atom stereocenters. The molecule has 1 saturated carbocycles. The Labute approximate surface area is 149 Å². The van der Waals surface area contributed by atoms with Crippen LogP contribution in [-0.2, 0) is 23.9 Å². The molecule has 9 nitrogen and oxygen atoms in total. The minimum absolute atomic E-state index is 0.188. The van der Waals surface area contributed by atoms with Crippen LogP contribution in [0.2, 0.25) is 0 Å². The molecule has 0 spiro atoms. The summed E-state index contributed by atoms with van der Waals surface area (Å²) < 4.78 is 9.47. The monoisotopic (exact) mass is 365 g/mol. The number of esters is 2. The second kappa shape index (κ2) is 7.20. The molecule has 140 valence electrons. The number of carbonyl (C=O) groups is 3. The van der Waals surface area contributed by atoms with Crippen molar-refractivity contribution in [2.24, 2.45) is 11.8 Å². The molecule has 9 heteroatoms. The molecule has 0 heterocycles. The number of ketones is 1. The van der Waals surface area contributed by atoms with E-state index >= 15 is 0 Å². The van der Waals surface area contributed by atoms with Gasteiger partial charge in [-0.25, -0.2) is 0 Å².